The SMILES string of the molecule is Cc1c(O)ccc2c1CCC(C)(CCCBr)C2. The molecule has 0 amide bonds. The van der Waals surface area contributed by atoms with E-state index in [1.807, 2.05) is 13.0 Å². The van der Waals surface area contributed by atoms with Gasteiger partial charge in [0, 0.05) is 5.33 Å². The predicted octanol–water partition coefficient (Wildman–Crippen LogP) is 4.37. The first-order chi connectivity index (χ1) is 8.06. The highest BCUT2D eigenvalue weighted by molar-refractivity contribution is 9.09. The molecule has 0 spiro atoms. The van der Waals surface area contributed by atoms with E-state index in [1.165, 1.54) is 30.4 Å². The van der Waals surface area contributed by atoms with Gasteiger partial charge in [-0.2, -0.15) is 0 Å². The summed E-state index contributed by atoms with van der Waals surface area (Å²) >= 11 is 3.52. The summed E-state index contributed by atoms with van der Waals surface area (Å²) in [5.74, 6) is 0.452. The number of fused-ring (bicyclic) bond motifs is 1. The van der Waals surface area contributed by atoms with E-state index in [4.69, 9.17) is 0 Å². The lowest BCUT2D eigenvalue weighted by molar-refractivity contribution is 0.253. The molecule has 0 aromatic heterocycles. The Morgan fingerprint density at radius 1 is 1.41 bits per heavy atom. The van der Waals surface area contributed by atoms with E-state index < -0.39 is 0 Å². The van der Waals surface area contributed by atoms with Gasteiger partial charge in [0.2, 0.25) is 0 Å². The van der Waals surface area contributed by atoms with Gasteiger partial charge in [-0.1, -0.05) is 28.9 Å². The standard InChI is InChI=1S/C15H21BrO/c1-11-13-6-8-15(2,7-3-9-16)10-12(13)4-5-14(11)17/h4-5,17H,3,6-10H2,1-2H3. The summed E-state index contributed by atoms with van der Waals surface area (Å²) in [6.07, 6.45) is 6.07. The minimum Gasteiger partial charge on any atom is -0.508 e. The van der Waals surface area contributed by atoms with Crippen LogP contribution in [-0.2, 0) is 12.8 Å². The molecule has 1 nitrogen and oxygen atoms in total. The van der Waals surface area contributed by atoms with Crippen LogP contribution in [0.5, 0.6) is 5.75 Å². The van der Waals surface area contributed by atoms with Crippen molar-refractivity contribution in [3.63, 3.8) is 0 Å². The van der Waals surface area contributed by atoms with Gasteiger partial charge in [-0.25, -0.2) is 0 Å². The third kappa shape index (κ3) is 2.67. The zero-order valence-corrected chi connectivity index (χ0v) is 12.3. The van der Waals surface area contributed by atoms with Gasteiger partial charge in [0.25, 0.3) is 0 Å². The molecule has 1 aliphatic rings. The maximum Gasteiger partial charge on any atom is 0.118 e. The van der Waals surface area contributed by atoms with Crippen LogP contribution in [0.25, 0.3) is 0 Å². The first kappa shape index (κ1) is 12.9. The van der Waals surface area contributed by atoms with Crippen LogP contribution in [-0.4, -0.2) is 10.4 Å². The molecule has 0 saturated carbocycles. The Bertz CT molecular complexity index is 414. The second-order valence-corrected chi connectivity index (χ2v) is 6.42. The highest BCUT2D eigenvalue weighted by Crippen LogP contribution is 2.41. The lowest BCUT2D eigenvalue weighted by atomic mass is 9.70. The van der Waals surface area contributed by atoms with Gasteiger partial charge in [-0.15, -0.1) is 0 Å². The molecule has 1 aromatic carbocycles. The molecular weight excluding hydrogens is 276 g/mol. The van der Waals surface area contributed by atoms with Gasteiger partial charge in [0.05, 0.1) is 0 Å². The monoisotopic (exact) mass is 296 g/mol. The Hall–Kier alpha value is -0.500. The fraction of sp³-hybridized carbons (Fsp3) is 0.600. The van der Waals surface area contributed by atoms with Crippen molar-refractivity contribution in [2.75, 3.05) is 5.33 Å². The Kier molecular flexibility index (Phi) is 3.82. The average Bonchev–Trinajstić information content (AvgIpc) is 2.32. The maximum atomic E-state index is 9.74. The first-order valence-electron chi connectivity index (χ1n) is 6.42. The number of phenolic OH excluding ortho intramolecular Hbond substituents is 1. The predicted molar refractivity (Wildman–Crippen MR) is 76.0 cm³/mol. The van der Waals surface area contributed by atoms with Gasteiger partial charge in [0.1, 0.15) is 5.75 Å². The van der Waals surface area contributed by atoms with Crippen molar-refractivity contribution in [3.05, 3.63) is 28.8 Å². The molecule has 1 N–H and O–H groups in total. The van der Waals surface area contributed by atoms with Gasteiger partial charge < -0.3 is 5.11 Å². The minimum atomic E-state index is 0.449. The number of rotatable bonds is 3. The van der Waals surface area contributed by atoms with Crippen LogP contribution in [0.1, 0.15) is 42.9 Å². The van der Waals surface area contributed by atoms with Crippen molar-refractivity contribution >= 4 is 15.9 Å². The Morgan fingerprint density at radius 3 is 2.88 bits per heavy atom. The van der Waals surface area contributed by atoms with E-state index in [0.29, 0.717) is 11.2 Å². The molecular formula is C15H21BrO. The summed E-state index contributed by atoms with van der Waals surface area (Å²) in [6.45, 7) is 4.44. The zero-order valence-electron chi connectivity index (χ0n) is 10.7. The lowest BCUT2D eigenvalue weighted by Gasteiger charge is -2.35. The number of benzene rings is 1. The molecule has 0 aliphatic heterocycles. The summed E-state index contributed by atoms with van der Waals surface area (Å²) in [6, 6.07) is 3.97. The summed E-state index contributed by atoms with van der Waals surface area (Å²) < 4.78 is 0. The quantitative estimate of drug-likeness (QED) is 0.821. The van der Waals surface area contributed by atoms with E-state index in [1.54, 1.807) is 0 Å². The van der Waals surface area contributed by atoms with E-state index in [0.717, 1.165) is 23.7 Å². The van der Waals surface area contributed by atoms with Crippen LogP contribution in [0, 0.1) is 12.3 Å². The molecule has 0 radical (unpaired) electrons. The molecule has 0 fully saturated rings. The second kappa shape index (κ2) is 5.01. The molecule has 2 rings (SSSR count). The number of aromatic hydroxyl groups is 1. The summed E-state index contributed by atoms with van der Waals surface area (Å²) in [4.78, 5) is 0. The number of phenols is 1. The molecule has 17 heavy (non-hydrogen) atoms. The molecule has 1 aliphatic carbocycles. The third-order valence-corrected chi connectivity index (χ3v) is 4.74. The molecule has 1 unspecified atom stereocenters. The van der Waals surface area contributed by atoms with Crippen LogP contribution in [0.4, 0.5) is 0 Å². The van der Waals surface area contributed by atoms with Crippen LogP contribution in [0.3, 0.4) is 0 Å². The van der Waals surface area contributed by atoms with Gasteiger partial charge in [-0.3, -0.25) is 0 Å². The summed E-state index contributed by atoms with van der Waals surface area (Å²) in [5, 5.41) is 10.8. The maximum absolute atomic E-state index is 9.74. The average molecular weight is 297 g/mol. The molecule has 0 saturated heterocycles. The Labute approximate surface area is 112 Å². The van der Waals surface area contributed by atoms with Crippen molar-refractivity contribution in [1.29, 1.82) is 0 Å². The number of halogens is 1. The molecule has 1 aromatic rings. The second-order valence-electron chi connectivity index (χ2n) is 5.63. The van der Waals surface area contributed by atoms with Crippen LogP contribution < -0.4 is 0 Å². The Balaban J connectivity index is 2.22. The van der Waals surface area contributed by atoms with Gasteiger partial charge >= 0.3 is 0 Å². The molecule has 0 heterocycles. The lowest BCUT2D eigenvalue weighted by Crippen LogP contribution is -2.26. The Morgan fingerprint density at radius 2 is 2.18 bits per heavy atom. The summed E-state index contributed by atoms with van der Waals surface area (Å²) in [5.41, 5.74) is 4.37. The van der Waals surface area contributed by atoms with Crippen molar-refractivity contribution < 1.29 is 5.11 Å². The molecule has 2 heteroatoms. The van der Waals surface area contributed by atoms with E-state index in [-0.39, 0.29) is 0 Å². The summed E-state index contributed by atoms with van der Waals surface area (Å²) in [7, 11) is 0. The highest BCUT2D eigenvalue weighted by atomic mass is 79.9. The van der Waals surface area contributed by atoms with E-state index in [2.05, 4.69) is 28.9 Å². The minimum absolute atomic E-state index is 0.449. The fourth-order valence-electron chi connectivity index (χ4n) is 3.00. The normalized spacial score (nSPS) is 23.5. The van der Waals surface area contributed by atoms with Crippen molar-refractivity contribution in [3.8, 4) is 5.75 Å². The molecule has 0 bridgehead atoms. The fourth-order valence-corrected chi connectivity index (χ4v) is 3.28. The first-order valence-corrected chi connectivity index (χ1v) is 7.54. The zero-order chi connectivity index (χ0) is 12.5. The van der Waals surface area contributed by atoms with Gasteiger partial charge in [0.15, 0.2) is 0 Å². The van der Waals surface area contributed by atoms with Crippen molar-refractivity contribution in [2.24, 2.45) is 5.41 Å². The highest BCUT2D eigenvalue weighted by Gasteiger charge is 2.30. The number of hydrogen-bond acceptors (Lipinski definition) is 1. The van der Waals surface area contributed by atoms with Gasteiger partial charge in [-0.05, 0) is 67.2 Å². The van der Waals surface area contributed by atoms with E-state index in [9.17, 15) is 5.11 Å². The largest absolute Gasteiger partial charge is 0.508 e. The van der Waals surface area contributed by atoms with E-state index >= 15 is 0 Å². The van der Waals surface area contributed by atoms with Crippen molar-refractivity contribution in [2.45, 2.75) is 46.0 Å². The smallest absolute Gasteiger partial charge is 0.118 e. The van der Waals surface area contributed by atoms with Crippen LogP contribution in [0.2, 0.25) is 0 Å². The number of hydrogen-bond donors (Lipinski definition) is 1. The van der Waals surface area contributed by atoms with Crippen LogP contribution >= 0.6 is 15.9 Å². The third-order valence-electron chi connectivity index (χ3n) is 4.18. The molecule has 94 valence electrons. The van der Waals surface area contributed by atoms with Crippen molar-refractivity contribution in [1.82, 2.24) is 0 Å². The number of alkyl halides is 1. The molecule has 1 atom stereocenters. The van der Waals surface area contributed by atoms with Crippen LogP contribution in [0.15, 0.2) is 12.1 Å². The topological polar surface area (TPSA) is 20.2 Å².